The van der Waals surface area contributed by atoms with Gasteiger partial charge in [0.15, 0.2) is 0 Å². The van der Waals surface area contributed by atoms with E-state index in [4.69, 9.17) is 10.00 Å². The highest BCUT2D eigenvalue weighted by atomic mass is 19.1. The molecular formula is C17H14FN3O2. The first-order valence-corrected chi connectivity index (χ1v) is 7.16. The van der Waals surface area contributed by atoms with Crippen molar-refractivity contribution in [1.29, 1.82) is 5.26 Å². The quantitative estimate of drug-likeness (QED) is 0.893. The van der Waals surface area contributed by atoms with Crippen LogP contribution in [0.4, 0.5) is 14.9 Å². The highest BCUT2D eigenvalue weighted by Crippen LogP contribution is 2.31. The van der Waals surface area contributed by atoms with Crippen molar-refractivity contribution in [3.63, 3.8) is 0 Å². The molecule has 116 valence electrons. The number of fused-ring (bicyclic) bond motifs is 1. The first-order valence-electron chi connectivity index (χ1n) is 7.16. The maximum atomic E-state index is 13.1. The number of nitrogens with one attached hydrogen (secondary N) is 2. The van der Waals surface area contributed by atoms with Gasteiger partial charge in [-0.05, 0) is 24.3 Å². The Morgan fingerprint density at radius 1 is 1.30 bits per heavy atom. The van der Waals surface area contributed by atoms with Crippen molar-refractivity contribution in [3.05, 3.63) is 59.4 Å². The van der Waals surface area contributed by atoms with Crippen LogP contribution < -0.4 is 15.4 Å². The van der Waals surface area contributed by atoms with Crippen LogP contribution in [0.5, 0.6) is 5.75 Å². The van der Waals surface area contributed by atoms with Gasteiger partial charge in [-0.25, -0.2) is 9.18 Å². The SMILES string of the molecule is N#Cc1cc(F)ccc1NC(=O)NC1CCOc2ccccc21. The molecule has 2 aromatic carbocycles. The monoisotopic (exact) mass is 311 g/mol. The molecule has 0 saturated carbocycles. The van der Waals surface area contributed by atoms with E-state index in [9.17, 15) is 9.18 Å². The number of carbonyl (C=O) groups excluding carboxylic acids is 1. The lowest BCUT2D eigenvalue weighted by atomic mass is 10.0. The summed E-state index contributed by atoms with van der Waals surface area (Å²) in [5, 5.41) is 14.4. The third-order valence-corrected chi connectivity index (χ3v) is 3.61. The second kappa shape index (κ2) is 6.36. The number of halogens is 1. The van der Waals surface area contributed by atoms with Gasteiger partial charge in [0.1, 0.15) is 17.6 Å². The Kier molecular flexibility index (Phi) is 4.11. The number of hydrogen-bond acceptors (Lipinski definition) is 3. The van der Waals surface area contributed by atoms with Gasteiger partial charge in [0, 0.05) is 12.0 Å². The lowest BCUT2D eigenvalue weighted by Gasteiger charge is -2.26. The molecule has 0 radical (unpaired) electrons. The molecule has 3 rings (SSSR count). The number of carbonyl (C=O) groups is 1. The summed E-state index contributed by atoms with van der Waals surface area (Å²) in [6, 6.07) is 12.4. The Morgan fingerprint density at radius 2 is 2.13 bits per heavy atom. The van der Waals surface area contributed by atoms with Gasteiger partial charge in [-0.3, -0.25) is 0 Å². The van der Waals surface area contributed by atoms with E-state index in [2.05, 4.69) is 10.6 Å². The van der Waals surface area contributed by atoms with Crippen LogP contribution in [0.3, 0.4) is 0 Å². The van der Waals surface area contributed by atoms with Crippen LogP contribution in [0.15, 0.2) is 42.5 Å². The second-order valence-electron chi connectivity index (χ2n) is 5.13. The summed E-state index contributed by atoms with van der Waals surface area (Å²) in [5.41, 5.74) is 1.26. The Balaban J connectivity index is 1.73. The highest BCUT2D eigenvalue weighted by Gasteiger charge is 2.22. The minimum Gasteiger partial charge on any atom is -0.493 e. The van der Waals surface area contributed by atoms with Crippen LogP contribution >= 0.6 is 0 Å². The van der Waals surface area contributed by atoms with E-state index in [1.807, 2.05) is 30.3 Å². The number of para-hydroxylation sites is 1. The van der Waals surface area contributed by atoms with Crippen LogP contribution in [0.25, 0.3) is 0 Å². The van der Waals surface area contributed by atoms with Crippen LogP contribution in [-0.2, 0) is 0 Å². The molecular weight excluding hydrogens is 297 g/mol. The third-order valence-electron chi connectivity index (χ3n) is 3.61. The molecule has 0 aromatic heterocycles. The molecule has 1 aliphatic rings. The zero-order valence-electron chi connectivity index (χ0n) is 12.2. The molecule has 1 unspecified atom stereocenters. The summed E-state index contributed by atoms with van der Waals surface area (Å²) in [6.07, 6.45) is 0.652. The number of nitriles is 1. The van der Waals surface area contributed by atoms with Crippen molar-refractivity contribution < 1.29 is 13.9 Å². The average molecular weight is 311 g/mol. The van der Waals surface area contributed by atoms with Gasteiger partial charge in [0.05, 0.1) is 23.9 Å². The van der Waals surface area contributed by atoms with Crippen molar-refractivity contribution in [3.8, 4) is 11.8 Å². The van der Waals surface area contributed by atoms with Crippen LogP contribution in [0.2, 0.25) is 0 Å². The number of hydrogen-bond donors (Lipinski definition) is 2. The molecule has 0 fully saturated rings. The zero-order valence-corrected chi connectivity index (χ0v) is 12.2. The fourth-order valence-corrected chi connectivity index (χ4v) is 2.53. The first kappa shape index (κ1) is 14.9. The number of urea groups is 1. The van der Waals surface area contributed by atoms with Crippen molar-refractivity contribution >= 4 is 11.7 Å². The summed E-state index contributed by atoms with van der Waals surface area (Å²) in [4.78, 5) is 12.2. The maximum Gasteiger partial charge on any atom is 0.319 e. The molecule has 5 nitrogen and oxygen atoms in total. The van der Waals surface area contributed by atoms with E-state index in [0.29, 0.717) is 13.0 Å². The molecule has 2 aromatic rings. The Morgan fingerprint density at radius 3 is 2.96 bits per heavy atom. The number of rotatable bonds is 2. The van der Waals surface area contributed by atoms with Crippen LogP contribution in [0.1, 0.15) is 23.6 Å². The summed E-state index contributed by atoms with van der Waals surface area (Å²) < 4.78 is 18.7. The van der Waals surface area contributed by atoms with Gasteiger partial charge in [0.25, 0.3) is 0 Å². The second-order valence-corrected chi connectivity index (χ2v) is 5.13. The van der Waals surface area contributed by atoms with E-state index in [-0.39, 0.29) is 17.3 Å². The number of ether oxygens (including phenoxy) is 1. The van der Waals surface area contributed by atoms with Crippen molar-refractivity contribution in [1.82, 2.24) is 5.32 Å². The fourth-order valence-electron chi connectivity index (χ4n) is 2.53. The summed E-state index contributed by atoms with van der Waals surface area (Å²) in [7, 11) is 0. The van der Waals surface area contributed by atoms with E-state index in [1.165, 1.54) is 12.1 Å². The average Bonchev–Trinajstić information content (AvgIpc) is 2.57. The van der Waals surface area contributed by atoms with Crippen molar-refractivity contribution in [2.24, 2.45) is 0 Å². The zero-order chi connectivity index (χ0) is 16.2. The van der Waals surface area contributed by atoms with Crippen molar-refractivity contribution in [2.45, 2.75) is 12.5 Å². The molecule has 2 amide bonds. The summed E-state index contributed by atoms with van der Waals surface area (Å²) in [5.74, 6) is 0.231. The lowest BCUT2D eigenvalue weighted by molar-refractivity contribution is 0.232. The van der Waals surface area contributed by atoms with Crippen LogP contribution in [-0.4, -0.2) is 12.6 Å². The number of anilines is 1. The van der Waals surface area contributed by atoms with E-state index >= 15 is 0 Å². The van der Waals surface area contributed by atoms with Crippen LogP contribution in [0, 0.1) is 17.1 Å². The lowest BCUT2D eigenvalue weighted by Crippen LogP contribution is -2.35. The number of amides is 2. The minimum absolute atomic E-state index is 0.0764. The fraction of sp³-hybridized carbons (Fsp3) is 0.176. The molecule has 1 aliphatic heterocycles. The summed E-state index contributed by atoms with van der Waals surface area (Å²) in [6.45, 7) is 0.516. The molecule has 0 bridgehead atoms. The molecule has 0 aliphatic carbocycles. The molecule has 6 heteroatoms. The van der Waals surface area contributed by atoms with Crippen molar-refractivity contribution in [2.75, 3.05) is 11.9 Å². The molecule has 23 heavy (non-hydrogen) atoms. The molecule has 1 heterocycles. The molecule has 2 N–H and O–H groups in total. The third kappa shape index (κ3) is 3.24. The Bertz CT molecular complexity index is 786. The Labute approximate surface area is 132 Å². The predicted molar refractivity (Wildman–Crippen MR) is 82.6 cm³/mol. The highest BCUT2D eigenvalue weighted by molar-refractivity contribution is 5.91. The normalized spacial score (nSPS) is 15.7. The van der Waals surface area contributed by atoms with Gasteiger partial charge in [-0.2, -0.15) is 5.26 Å². The van der Waals surface area contributed by atoms with E-state index in [0.717, 1.165) is 17.4 Å². The van der Waals surface area contributed by atoms with Gasteiger partial charge >= 0.3 is 6.03 Å². The van der Waals surface area contributed by atoms with Gasteiger partial charge in [-0.1, -0.05) is 18.2 Å². The Hall–Kier alpha value is -3.07. The summed E-state index contributed by atoms with van der Waals surface area (Å²) >= 11 is 0. The largest absolute Gasteiger partial charge is 0.493 e. The predicted octanol–water partition coefficient (Wildman–Crippen LogP) is 3.34. The topological polar surface area (TPSA) is 74.2 Å². The number of nitrogens with zero attached hydrogens (tertiary/aromatic N) is 1. The number of benzene rings is 2. The van der Waals surface area contributed by atoms with E-state index in [1.54, 1.807) is 0 Å². The molecule has 1 atom stereocenters. The first-order chi connectivity index (χ1) is 11.2. The molecule has 0 spiro atoms. The van der Waals surface area contributed by atoms with Gasteiger partial charge in [-0.15, -0.1) is 0 Å². The van der Waals surface area contributed by atoms with Gasteiger partial charge in [0.2, 0.25) is 0 Å². The smallest absolute Gasteiger partial charge is 0.319 e. The maximum absolute atomic E-state index is 13.1. The van der Waals surface area contributed by atoms with Gasteiger partial charge < -0.3 is 15.4 Å². The standard InChI is InChI=1S/C17H14FN3O2/c18-12-5-6-14(11(9-12)10-19)20-17(22)21-15-7-8-23-16-4-2-1-3-13(15)16/h1-6,9,15H,7-8H2,(H2,20,21,22). The minimum atomic E-state index is -0.522. The molecule has 0 saturated heterocycles. The van der Waals surface area contributed by atoms with E-state index < -0.39 is 11.8 Å².